The molecule has 1 rings (SSSR count). The van der Waals surface area contributed by atoms with E-state index in [1.807, 2.05) is 12.1 Å². The van der Waals surface area contributed by atoms with Gasteiger partial charge in [0.15, 0.2) is 0 Å². The van der Waals surface area contributed by atoms with Gasteiger partial charge in [0, 0.05) is 24.2 Å². The van der Waals surface area contributed by atoms with Crippen molar-refractivity contribution in [2.75, 3.05) is 0 Å². The van der Waals surface area contributed by atoms with Crippen LogP contribution >= 0.6 is 0 Å². The predicted molar refractivity (Wildman–Crippen MR) is 69.0 cm³/mol. The second-order valence-electron chi connectivity index (χ2n) is 4.27. The fourth-order valence-corrected chi connectivity index (χ4v) is 1.80. The van der Waals surface area contributed by atoms with Gasteiger partial charge in [-0.2, -0.15) is 0 Å². The first-order valence-electron chi connectivity index (χ1n) is 6.05. The normalized spacial score (nSPS) is 10.8. The van der Waals surface area contributed by atoms with E-state index in [1.165, 1.54) is 0 Å². The van der Waals surface area contributed by atoms with Gasteiger partial charge in [0.25, 0.3) is 5.69 Å². The molecule has 0 amide bonds. The third-order valence-corrected chi connectivity index (χ3v) is 3.05. The smallest absolute Gasteiger partial charge is 0.272 e. The second kappa shape index (κ2) is 6.35. The summed E-state index contributed by atoms with van der Waals surface area (Å²) in [5.41, 5.74) is 1.88. The van der Waals surface area contributed by atoms with Gasteiger partial charge in [-0.25, -0.2) is 0 Å². The van der Waals surface area contributed by atoms with E-state index >= 15 is 0 Å². The maximum atomic E-state index is 10.8. The SMILES string of the molecule is CCC(CC)NCc1ccc(C)c([N+](=O)[O-])c1. The summed E-state index contributed by atoms with van der Waals surface area (Å²) in [6, 6.07) is 5.89. The first kappa shape index (κ1) is 13.6. The molecule has 0 bridgehead atoms. The van der Waals surface area contributed by atoms with Crippen LogP contribution in [0.4, 0.5) is 5.69 Å². The average molecular weight is 236 g/mol. The van der Waals surface area contributed by atoms with E-state index in [1.54, 1.807) is 13.0 Å². The zero-order valence-electron chi connectivity index (χ0n) is 10.7. The molecule has 0 atom stereocenters. The summed E-state index contributed by atoms with van der Waals surface area (Å²) in [7, 11) is 0. The van der Waals surface area contributed by atoms with E-state index in [4.69, 9.17) is 0 Å². The molecule has 0 aliphatic rings. The molecule has 0 spiro atoms. The van der Waals surface area contributed by atoms with Crippen LogP contribution in [-0.4, -0.2) is 11.0 Å². The third kappa shape index (κ3) is 3.82. The van der Waals surface area contributed by atoms with Gasteiger partial charge < -0.3 is 5.32 Å². The number of nitrogens with zero attached hydrogens (tertiary/aromatic N) is 1. The Morgan fingerprint density at radius 1 is 1.35 bits per heavy atom. The number of nitro benzene ring substituents is 1. The summed E-state index contributed by atoms with van der Waals surface area (Å²) >= 11 is 0. The summed E-state index contributed by atoms with van der Waals surface area (Å²) in [5, 5.41) is 14.2. The second-order valence-corrected chi connectivity index (χ2v) is 4.27. The highest BCUT2D eigenvalue weighted by Crippen LogP contribution is 2.19. The highest BCUT2D eigenvalue weighted by Gasteiger charge is 2.11. The average Bonchev–Trinajstić information content (AvgIpc) is 2.32. The van der Waals surface area contributed by atoms with Crippen LogP contribution in [0.2, 0.25) is 0 Å². The Balaban J connectivity index is 2.72. The maximum Gasteiger partial charge on any atom is 0.272 e. The van der Waals surface area contributed by atoms with Gasteiger partial charge in [0.1, 0.15) is 0 Å². The molecule has 94 valence electrons. The number of aryl methyl sites for hydroxylation is 1. The van der Waals surface area contributed by atoms with E-state index < -0.39 is 0 Å². The summed E-state index contributed by atoms with van der Waals surface area (Å²) in [4.78, 5) is 10.5. The highest BCUT2D eigenvalue weighted by atomic mass is 16.6. The lowest BCUT2D eigenvalue weighted by Gasteiger charge is -2.14. The summed E-state index contributed by atoms with van der Waals surface area (Å²) in [6.45, 7) is 6.72. The number of hydrogen-bond acceptors (Lipinski definition) is 3. The van der Waals surface area contributed by atoms with E-state index in [0.29, 0.717) is 18.2 Å². The first-order chi connectivity index (χ1) is 8.08. The molecule has 0 radical (unpaired) electrons. The van der Waals surface area contributed by atoms with Crippen LogP contribution in [-0.2, 0) is 6.54 Å². The Hall–Kier alpha value is -1.42. The molecule has 0 aromatic heterocycles. The maximum absolute atomic E-state index is 10.8. The molecule has 0 fully saturated rings. The van der Waals surface area contributed by atoms with Crippen molar-refractivity contribution in [2.24, 2.45) is 0 Å². The van der Waals surface area contributed by atoms with Gasteiger partial charge in [-0.15, -0.1) is 0 Å². The molecule has 0 unspecified atom stereocenters. The van der Waals surface area contributed by atoms with E-state index in [0.717, 1.165) is 18.4 Å². The standard InChI is InChI=1S/C13H20N2O2/c1-4-12(5-2)14-9-11-7-6-10(3)13(8-11)15(16)17/h6-8,12,14H,4-5,9H2,1-3H3. The van der Waals surface area contributed by atoms with Crippen LogP contribution in [0.3, 0.4) is 0 Å². The number of benzene rings is 1. The van der Waals surface area contributed by atoms with Crippen molar-refractivity contribution in [1.29, 1.82) is 0 Å². The number of nitrogens with one attached hydrogen (secondary N) is 1. The zero-order chi connectivity index (χ0) is 12.8. The molecule has 0 saturated carbocycles. The minimum absolute atomic E-state index is 0.203. The molecule has 4 heteroatoms. The summed E-state index contributed by atoms with van der Waals surface area (Å²) in [6.07, 6.45) is 2.15. The minimum Gasteiger partial charge on any atom is -0.310 e. The zero-order valence-corrected chi connectivity index (χ0v) is 10.7. The van der Waals surface area contributed by atoms with Crippen molar-refractivity contribution in [1.82, 2.24) is 5.32 Å². The summed E-state index contributed by atoms with van der Waals surface area (Å²) < 4.78 is 0. The van der Waals surface area contributed by atoms with Gasteiger partial charge in [-0.1, -0.05) is 26.0 Å². The summed E-state index contributed by atoms with van der Waals surface area (Å²) in [5.74, 6) is 0. The van der Waals surface area contributed by atoms with Gasteiger partial charge >= 0.3 is 0 Å². The van der Waals surface area contributed by atoms with Crippen LogP contribution < -0.4 is 5.32 Å². The Morgan fingerprint density at radius 3 is 2.53 bits per heavy atom. The van der Waals surface area contributed by atoms with Crippen molar-refractivity contribution in [3.8, 4) is 0 Å². The Morgan fingerprint density at radius 2 is 2.00 bits per heavy atom. The molecule has 1 aromatic carbocycles. The molecule has 1 aromatic rings. The monoisotopic (exact) mass is 236 g/mol. The lowest BCUT2D eigenvalue weighted by Crippen LogP contribution is -2.26. The van der Waals surface area contributed by atoms with Crippen molar-refractivity contribution in [3.05, 3.63) is 39.4 Å². The Bertz CT molecular complexity index is 387. The largest absolute Gasteiger partial charge is 0.310 e. The quantitative estimate of drug-likeness (QED) is 0.609. The molecule has 4 nitrogen and oxygen atoms in total. The number of hydrogen-bond donors (Lipinski definition) is 1. The topological polar surface area (TPSA) is 55.2 Å². The predicted octanol–water partition coefficient (Wildman–Crippen LogP) is 3.18. The fourth-order valence-electron chi connectivity index (χ4n) is 1.80. The van der Waals surface area contributed by atoms with Gasteiger partial charge in [0.2, 0.25) is 0 Å². The van der Waals surface area contributed by atoms with E-state index in [-0.39, 0.29) is 10.6 Å². The number of nitro groups is 1. The Kier molecular flexibility index (Phi) is 5.10. The van der Waals surface area contributed by atoms with Crippen molar-refractivity contribution >= 4 is 5.69 Å². The molecule has 0 aliphatic heterocycles. The van der Waals surface area contributed by atoms with Crippen molar-refractivity contribution in [3.63, 3.8) is 0 Å². The third-order valence-electron chi connectivity index (χ3n) is 3.05. The van der Waals surface area contributed by atoms with Crippen LogP contribution in [0.15, 0.2) is 18.2 Å². The van der Waals surface area contributed by atoms with Crippen LogP contribution in [0.5, 0.6) is 0 Å². The molecule has 0 heterocycles. The lowest BCUT2D eigenvalue weighted by molar-refractivity contribution is -0.385. The minimum atomic E-state index is -0.323. The highest BCUT2D eigenvalue weighted by molar-refractivity contribution is 5.42. The fraction of sp³-hybridized carbons (Fsp3) is 0.538. The first-order valence-corrected chi connectivity index (χ1v) is 6.05. The molecule has 1 N–H and O–H groups in total. The molecule has 0 aliphatic carbocycles. The van der Waals surface area contributed by atoms with Crippen molar-refractivity contribution < 1.29 is 4.92 Å². The van der Waals surface area contributed by atoms with Gasteiger partial charge in [0.05, 0.1) is 4.92 Å². The molecular weight excluding hydrogens is 216 g/mol. The Labute approximate surface area is 102 Å². The van der Waals surface area contributed by atoms with E-state index in [9.17, 15) is 10.1 Å². The van der Waals surface area contributed by atoms with Crippen molar-refractivity contribution in [2.45, 2.75) is 46.2 Å². The van der Waals surface area contributed by atoms with Gasteiger partial charge in [-0.3, -0.25) is 10.1 Å². The lowest BCUT2D eigenvalue weighted by atomic mass is 10.1. The van der Waals surface area contributed by atoms with Gasteiger partial charge in [-0.05, 0) is 25.3 Å². The molecule has 0 saturated heterocycles. The van der Waals surface area contributed by atoms with E-state index in [2.05, 4.69) is 19.2 Å². The van der Waals surface area contributed by atoms with Crippen LogP contribution in [0, 0.1) is 17.0 Å². The van der Waals surface area contributed by atoms with Crippen LogP contribution in [0.1, 0.15) is 37.8 Å². The van der Waals surface area contributed by atoms with Crippen LogP contribution in [0.25, 0.3) is 0 Å². The number of rotatable bonds is 6. The molecular formula is C13H20N2O2. The molecule has 17 heavy (non-hydrogen) atoms.